The van der Waals surface area contributed by atoms with Crippen molar-refractivity contribution in [2.75, 3.05) is 0 Å². The van der Waals surface area contributed by atoms with E-state index in [4.69, 9.17) is 16.1 Å². The number of hydrogen-bond donors (Lipinski definition) is 0. The van der Waals surface area contributed by atoms with E-state index in [1.165, 1.54) is 11.3 Å². The molecule has 0 N–H and O–H groups in total. The summed E-state index contributed by atoms with van der Waals surface area (Å²) in [6, 6.07) is 9.27. The molecule has 0 fully saturated rings. The fraction of sp³-hybridized carbons (Fsp3) is 0.0769. The lowest BCUT2D eigenvalue weighted by Gasteiger charge is -1.97. The number of benzene rings is 1. The number of aryl methyl sites for hydroxylation is 1. The van der Waals surface area contributed by atoms with Crippen molar-refractivity contribution in [1.82, 2.24) is 25.0 Å². The molecule has 0 aliphatic heterocycles. The van der Waals surface area contributed by atoms with E-state index >= 15 is 0 Å². The summed E-state index contributed by atoms with van der Waals surface area (Å²) in [7, 11) is 0. The first-order valence-electron chi connectivity index (χ1n) is 6.12. The summed E-state index contributed by atoms with van der Waals surface area (Å²) in [6.45, 7) is 1.84. The van der Waals surface area contributed by atoms with E-state index in [1.54, 1.807) is 4.52 Å². The van der Waals surface area contributed by atoms with Gasteiger partial charge in [-0.1, -0.05) is 40.2 Å². The maximum atomic E-state index is 6.02. The van der Waals surface area contributed by atoms with Gasteiger partial charge in [-0.15, -0.1) is 10.2 Å². The molecule has 0 bridgehead atoms. The fourth-order valence-electron chi connectivity index (χ4n) is 2.00. The number of nitrogens with zero attached hydrogens (tertiary/aromatic N) is 5. The van der Waals surface area contributed by atoms with Gasteiger partial charge >= 0.3 is 0 Å². The largest absolute Gasteiger partial charge is 0.361 e. The molecule has 0 atom stereocenters. The minimum absolute atomic E-state index is 0.645. The summed E-state index contributed by atoms with van der Waals surface area (Å²) in [5.41, 5.74) is 1.56. The molecule has 104 valence electrons. The zero-order chi connectivity index (χ0) is 14.4. The van der Waals surface area contributed by atoms with Gasteiger partial charge in [-0.25, -0.2) is 0 Å². The molecule has 0 spiro atoms. The molecule has 6 nitrogen and oxygen atoms in total. The van der Waals surface area contributed by atoms with Crippen LogP contribution in [0.1, 0.15) is 5.76 Å². The van der Waals surface area contributed by atoms with Crippen molar-refractivity contribution in [1.29, 1.82) is 0 Å². The molecule has 0 saturated heterocycles. The second-order valence-corrected chi connectivity index (χ2v) is 5.85. The number of hydrogen-bond acceptors (Lipinski definition) is 6. The molecule has 0 radical (unpaired) electrons. The highest BCUT2D eigenvalue weighted by molar-refractivity contribution is 7.19. The highest BCUT2D eigenvalue weighted by atomic mass is 35.5. The van der Waals surface area contributed by atoms with E-state index in [0.29, 0.717) is 21.5 Å². The summed E-state index contributed by atoms with van der Waals surface area (Å²) < 4.78 is 6.77. The van der Waals surface area contributed by atoms with Crippen LogP contribution in [0.15, 0.2) is 34.9 Å². The Labute approximate surface area is 128 Å². The number of aromatic nitrogens is 5. The van der Waals surface area contributed by atoms with Gasteiger partial charge in [-0.05, 0) is 19.1 Å². The molecular weight excluding hydrogens is 310 g/mol. The fourth-order valence-corrected chi connectivity index (χ4v) is 2.98. The van der Waals surface area contributed by atoms with Crippen molar-refractivity contribution in [3.05, 3.63) is 41.1 Å². The van der Waals surface area contributed by atoms with Gasteiger partial charge < -0.3 is 4.52 Å². The molecule has 0 aliphatic carbocycles. The smallest absolute Gasteiger partial charge is 0.235 e. The SMILES string of the molecule is Cc1cc(-c2nn3c(-c4cccc(Cl)c4)nnc3s2)no1. The average molecular weight is 318 g/mol. The lowest BCUT2D eigenvalue weighted by atomic mass is 10.2. The molecule has 0 aliphatic rings. The van der Waals surface area contributed by atoms with Crippen molar-refractivity contribution in [2.24, 2.45) is 0 Å². The van der Waals surface area contributed by atoms with Crippen LogP contribution in [0.3, 0.4) is 0 Å². The zero-order valence-electron chi connectivity index (χ0n) is 10.8. The summed E-state index contributed by atoms with van der Waals surface area (Å²) in [5.74, 6) is 1.39. The Kier molecular flexibility index (Phi) is 2.76. The van der Waals surface area contributed by atoms with E-state index in [0.717, 1.165) is 16.3 Å². The Bertz CT molecular complexity index is 941. The second kappa shape index (κ2) is 4.64. The quantitative estimate of drug-likeness (QED) is 0.566. The Balaban J connectivity index is 1.86. The van der Waals surface area contributed by atoms with Crippen LogP contribution in [0, 0.1) is 6.92 Å². The summed E-state index contributed by atoms with van der Waals surface area (Å²) >= 11 is 7.43. The third-order valence-corrected chi connectivity index (χ3v) is 4.08. The van der Waals surface area contributed by atoms with E-state index in [1.807, 2.05) is 37.3 Å². The van der Waals surface area contributed by atoms with Crippen molar-refractivity contribution in [3.8, 4) is 22.1 Å². The van der Waals surface area contributed by atoms with Gasteiger partial charge in [0.15, 0.2) is 10.8 Å². The maximum Gasteiger partial charge on any atom is 0.235 e. The standard InChI is InChI=1S/C13H8ClN5OS/c1-7-5-10(18-20-7)12-17-19-11(15-16-13(19)21-12)8-3-2-4-9(14)6-8/h2-6H,1H3. The van der Waals surface area contributed by atoms with Crippen LogP contribution >= 0.6 is 22.9 Å². The summed E-state index contributed by atoms with van der Waals surface area (Å²) in [6.07, 6.45) is 0. The first-order valence-corrected chi connectivity index (χ1v) is 7.32. The molecule has 0 unspecified atom stereocenters. The van der Waals surface area contributed by atoms with Crippen LogP contribution in [0.5, 0.6) is 0 Å². The molecule has 1 aromatic carbocycles. The number of fused-ring (bicyclic) bond motifs is 1. The van der Waals surface area contributed by atoms with Crippen molar-refractivity contribution in [2.45, 2.75) is 6.92 Å². The molecule has 21 heavy (non-hydrogen) atoms. The van der Waals surface area contributed by atoms with Crippen LogP contribution in [0.2, 0.25) is 5.02 Å². The lowest BCUT2D eigenvalue weighted by Crippen LogP contribution is -1.90. The summed E-state index contributed by atoms with van der Waals surface area (Å²) in [4.78, 5) is 0.695. The van der Waals surface area contributed by atoms with Gasteiger partial charge in [0.05, 0.1) is 0 Å². The Morgan fingerprint density at radius 3 is 2.90 bits per heavy atom. The third kappa shape index (κ3) is 2.10. The second-order valence-electron chi connectivity index (χ2n) is 4.46. The molecule has 4 aromatic rings. The molecule has 0 saturated carbocycles. The summed E-state index contributed by atoms with van der Waals surface area (Å²) in [5, 5.41) is 18.2. The van der Waals surface area contributed by atoms with Crippen molar-refractivity contribution >= 4 is 27.9 Å². The van der Waals surface area contributed by atoms with Crippen LogP contribution in [-0.4, -0.2) is 25.0 Å². The van der Waals surface area contributed by atoms with E-state index < -0.39 is 0 Å². The predicted octanol–water partition coefficient (Wildman–Crippen LogP) is 3.47. The van der Waals surface area contributed by atoms with E-state index in [-0.39, 0.29) is 0 Å². The molecule has 4 rings (SSSR count). The maximum absolute atomic E-state index is 6.02. The minimum atomic E-state index is 0.645. The van der Waals surface area contributed by atoms with Crippen molar-refractivity contribution in [3.63, 3.8) is 0 Å². The van der Waals surface area contributed by atoms with Gasteiger partial charge in [-0.2, -0.15) is 9.61 Å². The Morgan fingerprint density at radius 2 is 2.14 bits per heavy atom. The van der Waals surface area contributed by atoms with E-state index in [2.05, 4.69) is 20.5 Å². The predicted molar refractivity (Wildman–Crippen MR) is 79.3 cm³/mol. The first kappa shape index (κ1) is 12.5. The monoisotopic (exact) mass is 317 g/mol. The topological polar surface area (TPSA) is 69.1 Å². The van der Waals surface area contributed by atoms with Gasteiger partial charge in [0.25, 0.3) is 0 Å². The number of rotatable bonds is 2. The average Bonchev–Trinajstić information content (AvgIpc) is 3.12. The zero-order valence-corrected chi connectivity index (χ0v) is 12.4. The first-order chi connectivity index (χ1) is 10.2. The van der Waals surface area contributed by atoms with Crippen LogP contribution in [0.25, 0.3) is 27.1 Å². The van der Waals surface area contributed by atoms with Gasteiger partial charge in [0.2, 0.25) is 4.96 Å². The highest BCUT2D eigenvalue weighted by Gasteiger charge is 2.16. The lowest BCUT2D eigenvalue weighted by molar-refractivity contribution is 0.399. The molecule has 3 aromatic heterocycles. The van der Waals surface area contributed by atoms with Crippen LogP contribution in [-0.2, 0) is 0 Å². The highest BCUT2D eigenvalue weighted by Crippen LogP contribution is 2.28. The van der Waals surface area contributed by atoms with Gasteiger partial charge in [0, 0.05) is 16.7 Å². The van der Waals surface area contributed by atoms with Crippen LogP contribution < -0.4 is 0 Å². The van der Waals surface area contributed by atoms with E-state index in [9.17, 15) is 0 Å². The Hall–Kier alpha value is -2.25. The normalized spacial score (nSPS) is 11.3. The van der Waals surface area contributed by atoms with Gasteiger partial charge in [-0.3, -0.25) is 0 Å². The van der Waals surface area contributed by atoms with Gasteiger partial charge in [0.1, 0.15) is 11.5 Å². The molecule has 8 heteroatoms. The Morgan fingerprint density at radius 1 is 1.24 bits per heavy atom. The third-order valence-electron chi connectivity index (χ3n) is 2.92. The molecular formula is C13H8ClN5OS. The molecule has 3 heterocycles. The molecule has 0 amide bonds. The van der Waals surface area contributed by atoms with Crippen molar-refractivity contribution < 1.29 is 4.52 Å². The van der Waals surface area contributed by atoms with Crippen LogP contribution in [0.4, 0.5) is 0 Å². The minimum Gasteiger partial charge on any atom is -0.361 e. The number of halogens is 1.